The molecule has 0 spiro atoms. The van der Waals surface area contributed by atoms with Crippen LogP contribution in [-0.2, 0) is 6.42 Å². The second-order valence-corrected chi connectivity index (χ2v) is 9.18. The molecule has 1 aliphatic heterocycles. The molecule has 1 fully saturated rings. The molecule has 2 aliphatic rings. The smallest absolute Gasteiger partial charge is 0.261 e. The van der Waals surface area contributed by atoms with Gasteiger partial charge in [-0.15, -0.1) is 0 Å². The standard InChI is InChI=1S/C24H29N3O4/c1-24(2)14-20-18(21(28)15-24)13-19(22(29)25-20)23(30)27-10-4-9-26(11-12-27)16-5-7-17(31-3)8-6-16/h5-8,13H,4,9-12,14-15H2,1-3H3,(H,25,29). The van der Waals surface area contributed by atoms with Crippen molar-refractivity contribution in [2.75, 3.05) is 38.2 Å². The number of hydrogen-bond donors (Lipinski definition) is 1. The lowest BCUT2D eigenvalue weighted by atomic mass is 9.75. The van der Waals surface area contributed by atoms with E-state index in [4.69, 9.17) is 4.74 Å². The maximum Gasteiger partial charge on any atom is 0.261 e. The van der Waals surface area contributed by atoms with E-state index in [0.29, 0.717) is 43.7 Å². The van der Waals surface area contributed by atoms with Crippen LogP contribution in [0.25, 0.3) is 0 Å². The zero-order valence-electron chi connectivity index (χ0n) is 18.4. The van der Waals surface area contributed by atoms with Crippen molar-refractivity contribution in [1.82, 2.24) is 9.88 Å². The van der Waals surface area contributed by atoms with Crippen LogP contribution in [0, 0.1) is 5.41 Å². The van der Waals surface area contributed by atoms with E-state index < -0.39 is 5.56 Å². The molecule has 164 valence electrons. The van der Waals surface area contributed by atoms with Crippen LogP contribution in [0.4, 0.5) is 5.69 Å². The number of benzene rings is 1. The first-order chi connectivity index (χ1) is 14.8. The lowest BCUT2D eigenvalue weighted by molar-refractivity contribution is 0.0765. The fourth-order valence-corrected chi connectivity index (χ4v) is 4.53. The maximum atomic E-state index is 13.2. The third-order valence-electron chi connectivity index (χ3n) is 6.17. The molecular weight excluding hydrogens is 394 g/mol. The number of H-pyrrole nitrogens is 1. The minimum absolute atomic E-state index is 0.0157. The summed E-state index contributed by atoms with van der Waals surface area (Å²) in [5, 5.41) is 0. The van der Waals surface area contributed by atoms with Crippen LogP contribution in [0.3, 0.4) is 0 Å². The molecule has 1 aromatic heterocycles. The predicted octanol–water partition coefficient (Wildman–Crippen LogP) is 2.89. The molecule has 0 radical (unpaired) electrons. The average Bonchev–Trinajstić information content (AvgIpc) is 2.98. The van der Waals surface area contributed by atoms with Gasteiger partial charge in [-0.1, -0.05) is 13.8 Å². The zero-order chi connectivity index (χ0) is 22.2. The van der Waals surface area contributed by atoms with Gasteiger partial charge in [0, 0.05) is 49.5 Å². The molecule has 2 aromatic rings. The number of anilines is 1. The fourth-order valence-electron chi connectivity index (χ4n) is 4.53. The Morgan fingerprint density at radius 2 is 1.77 bits per heavy atom. The Hall–Kier alpha value is -3.09. The van der Waals surface area contributed by atoms with Crippen LogP contribution in [0.1, 0.15) is 53.1 Å². The summed E-state index contributed by atoms with van der Waals surface area (Å²) in [6.07, 6.45) is 1.84. The molecule has 1 N–H and O–H groups in total. The number of aromatic nitrogens is 1. The number of nitrogens with zero attached hydrogens (tertiary/aromatic N) is 2. The van der Waals surface area contributed by atoms with Crippen molar-refractivity contribution in [3.05, 3.63) is 57.5 Å². The summed E-state index contributed by atoms with van der Waals surface area (Å²) < 4.78 is 5.22. The van der Waals surface area contributed by atoms with Crippen LogP contribution >= 0.6 is 0 Å². The van der Waals surface area contributed by atoms with E-state index in [0.717, 1.165) is 24.4 Å². The molecule has 4 rings (SSSR count). The van der Waals surface area contributed by atoms with Gasteiger partial charge in [0.25, 0.3) is 11.5 Å². The second-order valence-electron chi connectivity index (χ2n) is 9.18. The highest BCUT2D eigenvalue weighted by Crippen LogP contribution is 2.33. The van der Waals surface area contributed by atoms with Gasteiger partial charge in [-0.2, -0.15) is 0 Å². The van der Waals surface area contributed by atoms with Gasteiger partial charge in [0.2, 0.25) is 0 Å². The predicted molar refractivity (Wildman–Crippen MR) is 119 cm³/mol. The van der Waals surface area contributed by atoms with Crippen LogP contribution in [0.2, 0.25) is 0 Å². The van der Waals surface area contributed by atoms with Crippen LogP contribution in [-0.4, -0.2) is 54.9 Å². The SMILES string of the molecule is COc1ccc(N2CCCN(C(=O)c3cc4c([nH]c3=O)CC(C)(C)CC4=O)CC2)cc1. The Morgan fingerprint density at radius 3 is 2.48 bits per heavy atom. The number of hydrogen-bond acceptors (Lipinski definition) is 5. The van der Waals surface area contributed by atoms with E-state index in [-0.39, 0.29) is 22.7 Å². The number of carbonyl (C=O) groups is 2. The molecule has 1 aliphatic carbocycles. The first-order valence-electron chi connectivity index (χ1n) is 10.7. The number of aromatic amines is 1. The van der Waals surface area contributed by atoms with Gasteiger partial charge in [0.15, 0.2) is 5.78 Å². The lowest BCUT2D eigenvalue weighted by Crippen LogP contribution is -2.39. The first kappa shape index (κ1) is 21.2. The van der Waals surface area contributed by atoms with Gasteiger partial charge < -0.3 is 19.5 Å². The van der Waals surface area contributed by atoms with Gasteiger partial charge in [0.05, 0.1) is 7.11 Å². The Bertz CT molecular complexity index is 1060. The summed E-state index contributed by atoms with van der Waals surface area (Å²) in [6, 6.07) is 9.39. The summed E-state index contributed by atoms with van der Waals surface area (Å²) >= 11 is 0. The number of rotatable bonds is 3. The summed E-state index contributed by atoms with van der Waals surface area (Å²) in [7, 11) is 1.64. The number of Topliss-reactive ketones (excluding diaryl/α,β-unsaturated/α-hetero) is 1. The van der Waals surface area contributed by atoms with E-state index in [2.05, 4.69) is 9.88 Å². The number of carbonyl (C=O) groups excluding carboxylic acids is 2. The average molecular weight is 424 g/mol. The van der Waals surface area contributed by atoms with Crippen molar-refractivity contribution in [2.24, 2.45) is 5.41 Å². The topological polar surface area (TPSA) is 82.7 Å². The monoisotopic (exact) mass is 423 g/mol. The van der Waals surface area contributed by atoms with Crippen LogP contribution < -0.4 is 15.2 Å². The fraction of sp³-hybridized carbons (Fsp3) is 0.458. The quantitative estimate of drug-likeness (QED) is 0.821. The number of fused-ring (bicyclic) bond motifs is 1. The van der Waals surface area contributed by atoms with Crippen molar-refractivity contribution in [3.8, 4) is 5.75 Å². The minimum atomic E-state index is -0.412. The lowest BCUT2D eigenvalue weighted by Gasteiger charge is -2.30. The highest BCUT2D eigenvalue weighted by atomic mass is 16.5. The Balaban J connectivity index is 1.52. The first-order valence-corrected chi connectivity index (χ1v) is 10.7. The second kappa shape index (κ2) is 8.21. The number of methoxy groups -OCH3 is 1. The van der Waals surface area contributed by atoms with Crippen molar-refractivity contribution >= 4 is 17.4 Å². The molecule has 7 nitrogen and oxygen atoms in total. The molecule has 0 saturated carbocycles. The van der Waals surface area contributed by atoms with Gasteiger partial charge >= 0.3 is 0 Å². The van der Waals surface area contributed by atoms with Gasteiger partial charge in [0.1, 0.15) is 11.3 Å². The van der Waals surface area contributed by atoms with Crippen LogP contribution in [0.5, 0.6) is 5.75 Å². The molecule has 7 heteroatoms. The molecule has 31 heavy (non-hydrogen) atoms. The molecular formula is C24H29N3O4. The van der Waals surface area contributed by atoms with Crippen molar-refractivity contribution in [2.45, 2.75) is 33.1 Å². The molecule has 1 aromatic carbocycles. The van der Waals surface area contributed by atoms with E-state index in [1.165, 1.54) is 6.07 Å². The number of nitrogens with one attached hydrogen (secondary N) is 1. The normalized spacial score (nSPS) is 18.4. The van der Waals surface area contributed by atoms with Crippen molar-refractivity contribution in [1.29, 1.82) is 0 Å². The molecule has 1 amide bonds. The number of ether oxygens (including phenoxy) is 1. The highest BCUT2D eigenvalue weighted by molar-refractivity contribution is 6.02. The van der Waals surface area contributed by atoms with E-state index in [1.54, 1.807) is 12.0 Å². The minimum Gasteiger partial charge on any atom is -0.497 e. The molecule has 0 atom stereocenters. The molecule has 0 unspecified atom stereocenters. The Labute approximate surface area is 182 Å². The van der Waals surface area contributed by atoms with Crippen molar-refractivity contribution in [3.63, 3.8) is 0 Å². The third kappa shape index (κ3) is 4.36. The van der Waals surface area contributed by atoms with Gasteiger partial charge in [-0.3, -0.25) is 14.4 Å². The summed E-state index contributed by atoms with van der Waals surface area (Å²) in [5.74, 6) is 0.483. The van der Waals surface area contributed by atoms with E-state index in [9.17, 15) is 14.4 Å². The summed E-state index contributed by atoms with van der Waals surface area (Å²) in [4.78, 5) is 45.2. The largest absolute Gasteiger partial charge is 0.497 e. The number of pyridine rings is 1. The maximum absolute atomic E-state index is 13.2. The van der Waals surface area contributed by atoms with Crippen molar-refractivity contribution < 1.29 is 14.3 Å². The van der Waals surface area contributed by atoms with E-state index in [1.807, 2.05) is 38.1 Å². The van der Waals surface area contributed by atoms with Crippen LogP contribution in [0.15, 0.2) is 35.1 Å². The summed E-state index contributed by atoms with van der Waals surface area (Å²) in [6.45, 7) is 6.61. The number of ketones is 1. The third-order valence-corrected chi connectivity index (χ3v) is 6.17. The summed E-state index contributed by atoms with van der Waals surface area (Å²) in [5.41, 5.74) is 1.67. The molecule has 2 heterocycles. The molecule has 0 bridgehead atoms. The Kier molecular flexibility index (Phi) is 5.60. The molecule has 1 saturated heterocycles. The zero-order valence-corrected chi connectivity index (χ0v) is 18.4. The Morgan fingerprint density at radius 1 is 1.03 bits per heavy atom. The highest BCUT2D eigenvalue weighted by Gasteiger charge is 2.33. The van der Waals surface area contributed by atoms with Gasteiger partial charge in [-0.25, -0.2) is 0 Å². The number of amides is 1. The van der Waals surface area contributed by atoms with E-state index >= 15 is 0 Å². The van der Waals surface area contributed by atoms with Gasteiger partial charge in [-0.05, 0) is 48.6 Å².